The van der Waals surface area contributed by atoms with Gasteiger partial charge < -0.3 is 9.67 Å². The molecule has 0 spiro atoms. The van der Waals surface area contributed by atoms with Crippen LogP contribution in [0.4, 0.5) is 0 Å². The molecule has 0 amide bonds. The number of nitrogens with zero attached hydrogens (tertiary/aromatic N) is 2. The summed E-state index contributed by atoms with van der Waals surface area (Å²) < 4.78 is 2.01. The van der Waals surface area contributed by atoms with Gasteiger partial charge in [-0.2, -0.15) is 0 Å². The molecule has 4 nitrogen and oxygen atoms in total. The Morgan fingerprint density at radius 3 is 2.42 bits per heavy atom. The first-order valence-electron chi connectivity index (χ1n) is 5.92. The lowest BCUT2D eigenvalue weighted by Gasteiger charge is -2.02. The molecule has 19 heavy (non-hydrogen) atoms. The fraction of sp³-hybridized carbons (Fsp3) is 0.0667. The molecule has 0 bridgehead atoms. The van der Waals surface area contributed by atoms with Crippen LogP contribution < -0.4 is 0 Å². The third-order valence-corrected chi connectivity index (χ3v) is 3.18. The highest BCUT2D eigenvalue weighted by Crippen LogP contribution is 2.23. The van der Waals surface area contributed by atoms with Gasteiger partial charge in [-0.05, 0) is 24.3 Å². The first-order valence-corrected chi connectivity index (χ1v) is 5.92. The monoisotopic (exact) mass is 252 g/mol. The number of aromatic nitrogens is 2. The maximum atomic E-state index is 10.8. The number of hydrogen-bond acceptors (Lipinski definition) is 2. The van der Waals surface area contributed by atoms with E-state index in [9.17, 15) is 4.79 Å². The molecule has 3 rings (SSSR count). The van der Waals surface area contributed by atoms with Crippen LogP contribution >= 0.6 is 0 Å². The lowest BCUT2D eigenvalue weighted by molar-refractivity contribution is 0.0697. The smallest absolute Gasteiger partial charge is 0.335 e. The van der Waals surface area contributed by atoms with Crippen molar-refractivity contribution in [1.29, 1.82) is 0 Å². The summed E-state index contributed by atoms with van der Waals surface area (Å²) in [4.78, 5) is 15.4. The van der Waals surface area contributed by atoms with Crippen LogP contribution in [-0.4, -0.2) is 20.6 Å². The molecule has 94 valence electrons. The van der Waals surface area contributed by atoms with Gasteiger partial charge in [-0.15, -0.1) is 0 Å². The molecule has 0 fully saturated rings. The molecular weight excluding hydrogens is 240 g/mol. The molecule has 0 atom stereocenters. The Balaban J connectivity index is 2.13. The number of fused-ring (bicyclic) bond motifs is 1. The first-order chi connectivity index (χ1) is 9.16. The molecule has 0 aliphatic heterocycles. The number of rotatable bonds is 2. The maximum Gasteiger partial charge on any atom is 0.335 e. The predicted molar refractivity (Wildman–Crippen MR) is 73.1 cm³/mol. The number of carboxylic acid groups (broad SMARTS) is 1. The fourth-order valence-corrected chi connectivity index (χ4v) is 2.17. The molecule has 1 aromatic heterocycles. The standard InChI is InChI=1S/C15H12N2O2/c1-17-13-5-3-2-4-12(13)16-14(17)10-6-8-11(9-7-10)15(18)19/h2-9H,1H3,(H,18,19). The highest BCUT2D eigenvalue weighted by atomic mass is 16.4. The van der Waals surface area contributed by atoms with Gasteiger partial charge in [-0.3, -0.25) is 0 Å². The van der Waals surface area contributed by atoms with Crippen LogP contribution in [0.15, 0.2) is 48.5 Å². The van der Waals surface area contributed by atoms with Crippen molar-refractivity contribution in [3.63, 3.8) is 0 Å². The van der Waals surface area contributed by atoms with Crippen LogP contribution in [0, 0.1) is 0 Å². The number of hydrogen-bond donors (Lipinski definition) is 1. The van der Waals surface area contributed by atoms with Gasteiger partial charge in [-0.25, -0.2) is 9.78 Å². The summed E-state index contributed by atoms with van der Waals surface area (Å²) in [7, 11) is 1.95. The van der Waals surface area contributed by atoms with E-state index in [-0.39, 0.29) is 5.56 Å². The lowest BCUT2D eigenvalue weighted by atomic mass is 10.1. The van der Waals surface area contributed by atoms with Crippen molar-refractivity contribution in [3.8, 4) is 11.4 Å². The van der Waals surface area contributed by atoms with E-state index in [1.807, 2.05) is 35.9 Å². The SMILES string of the molecule is Cn1c(-c2ccc(C(=O)O)cc2)nc2ccccc21. The predicted octanol–water partition coefficient (Wildman–Crippen LogP) is 2.94. The van der Waals surface area contributed by atoms with E-state index in [2.05, 4.69) is 4.98 Å². The van der Waals surface area contributed by atoms with Crippen molar-refractivity contribution >= 4 is 17.0 Å². The second kappa shape index (κ2) is 4.24. The van der Waals surface area contributed by atoms with Crippen LogP contribution in [0.3, 0.4) is 0 Å². The van der Waals surface area contributed by atoms with Gasteiger partial charge in [0.25, 0.3) is 0 Å². The van der Waals surface area contributed by atoms with E-state index in [1.165, 1.54) is 0 Å². The fourth-order valence-electron chi connectivity index (χ4n) is 2.17. The Morgan fingerprint density at radius 1 is 1.11 bits per heavy atom. The summed E-state index contributed by atoms with van der Waals surface area (Å²) in [6.45, 7) is 0. The summed E-state index contributed by atoms with van der Waals surface area (Å²) in [6, 6.07) is 14.7. The zero-order valence-electron chi connectivity index (χ0n) is 10.4. The molecule has 0 aliphatic rings. The Bertz CT molecular complexity index is 757. The van der Waals surface area contributed by atoms with Crippen LogP contribution in [-0.2, 0) is 7.05 Å². The number of para-hydroxylation sites is 2. The molecule has 0 saturated carbocycles. The van der Waals surface area contributed by atoms with E-state index in [1.54, 1.807) is 24.3 Å². The van der Waals surface area contributed by atoms with E-state index >= 15 is 0 Å². The average Bonchev–Trinajstić information content (AvgIpc) is 2.77. The Labute approximate surface area is 109 Å². The van der Waals surface area contributed by atoms with Crippen LogP contribution in [0.5, 0.6) is 0 Å². The normalized spacial score (nSPS) is 10.8. The zero-order valence-corrected chi connectivity index (χ0v) is 10.4. The highest BCUT2D eigenvalue weighted by Gasteiger charge is 2.10. The minimum atomic E-state index is -0.920. The number of aryl methyl sites for hydroxylation is 1. The third kappa shape index (κ3) is 1.87. The van der Waals surface area contributed by atoms with Crippen LogP contribution in [0.2, 0.25) is 0 Å². The Hall–Kier alpha value is -2.62. The van der Waals surface area contributed by atoms with E-state index in [0.717, 1.165) is 22.4 Å². The molecule has 0 aliphatic carbocycles. The molecule has 1 N–H and O–H groups in total. The molecule has 0 unspecified atom stereocenters. The molecule has 2 aromatic carbocycles. The van der Waals surface area contributed by atoms with Gasteiger partial charge in [0.15, 0.2) is 0 Å². The van der Waals surface area contributed by atoms with E-state index in [4.69, 9.17) is 5.11 Å². The van der Waals surface area contributed by atoms with Gasteiger partial charge in [0.1, 0.15) is 5.82 Å². The largest absolute Gasteiger partial charge is 0.478 e. The summed E-state index contributed by atoms with van der Waals surface area (Å²) in [5.41, 5.74) is 3.17. The summed E-state index contributed by atoms with van der Waals surface area (Å²) in [5.74, 6) is -0.0882. The maximum absolute atomic E-state index is 10.8. The van der Waals surface area contributed by atoms with Crippen molar-refractivity contribution < 1.29 is 9.90 Å². The highest BCUT2D eigenvalue weighted by molar-refractivity contribution is 5.88. The Kier molecular flexibility index (Phi) is 2.56. The van der Waals surface area contributed by atoms with Crippen molar-refractivity contribution in [1.82, 2.24) is 9.55 Å². The molecule has 0 saturated heterocycles. The molecule has 3 aromatic rings. The second-order valence-electron chi connectivity index (χ2n) is 4.37. The molecule has 1 heterocycles. The topological polar surface area (TPSA) is 55.1 Å². The van der Waals surface area contributed by atoms with Gasteiger partial charge in [0, 0.05) is 12.6 Å². The summed E-state index contributed by atoms with van der Waals surface area (Å²) >= 11 is 0. The van der Waals surface area contributed by atoms with Crippen LogP contribution in [0.1, 0.15) is 10.4 Å². The van der Waals surface area contributed by atoms with Crippen molar-refractivity contribution in [2.45, 2.75) is 0 Å². The number of carboxylic acids is 1. The Morgan fingerprint density at radius 2 is 1.79 bits per heavy atom. The summed E-state index contributed by atoms with van der Waals surface area (Å²) in [5, 5.41) is 8.89. The van der Waals surface area contributed by atoms with Gasteiger partial charge in [0.05, 0.1) is 16.6 Å². The lowest BCUT2D eigenvalue weighted by Crippen LogP contribution is -1.96. The molecule has 4 heteroatoms. The van der Waals surface area contributed by atoms with Crippen molar-refractivity contribution in [2.75, 3.05) is 0 Å². The van der Waals surface area contributed by atoms with E-state index in [0.29, 0.717) is 0 Å². The minimum Gasteiger partial charge on any atom is -0.478 e. The quantitative estimate of drug-likeness (QED) is 0.763. The van der Waals surface area contributed by atoms with Crippen molar-refractivity contribution in [2.24, 2.45) is 7.05 Å². The molecule has 0 radical (unpaired) electrons. The average molecular weight is 252 g/mol. The van der Waals surface area contributed by atoms with E-state index < -0.39 is 5.97 Å². The third-order valence-electron chi connectivity index (χ3n) is 3.18. The number of imidazole rings is 1. The number of benzene rings is 2. The molecular formula is C15H12N2O2. The van der Waals surface area contributed by atoms with Crippen LogP contribution in [0.25, 0.3) is 22.4 Å². The number of carbonyl (C=O) groups is 1. The minimum absolute atomic E-state index is 0.280. The summed E-state index contributed by atoms with van der Waals surface area (Å²) in [6.07, 6.45) is 0. The zero-order chi connectivity index (χ0) is 13.4. The van der Waals surface area contributed by atoms with Gasteiger partial charge in [0.2, 0.25) is 0 Å². The second-order valence-corrected chi connectivity index (χ2v) is 4.37. The van der Waals surface area contributed by atoms with Gasteiger partial charge in [-0.1, -0.05) is 24.3 Å². The number of aromatic carboxylic acids is 1. The first kappa shape index (κ1) is 11.5. The van der Waals surface area contributed by atoms with Gasteiger partial charge >= 0.3 is 5.97 Å². The van der Waals surface area contributed by atoms with Crippen molar-refractivity contribution in [3.05, 3.63) is 54.1 Å².